The summed E-state index contributed by atoms with van der Waals surface area (Å²) in [6, 6.07) is 13.0. The van der Waals surface area contributed by atoms with E-state index in [0.717, 1.165) is 21.6 Å². The lowest BCUT2D eigenvalue weighted by Gasteiger charge is -2.13. The molecule has 0 aliphatic heterocycles. The Bertz CT molecular complexity index is 677. The van der Waals surface area contributed by atoms with Gasteiger partial charge in [-0.3, -0.25) is 4.79 Å². The van der Waals surface area contributed by atoms with Crippen molar-refractivity contribution in [2.24, 2.45) is 0 Å². The van der Waals surface area contributed by atoms with E-state index in [9.17, 15) is 4.79 Å². The molecule has 0 saturated carbocycles. The fraction of sp³-hybridized carbons (Fsp3) is 0.235. The molecule has 0 saturated heterocycles. The third-order valence-corrected chi connectivity index (χ3v) is 3.91. The van der Waals surface area contributed by atoms with E-state index in [1.165, 1.54) is 0 Å². The number of hydrogen-bond donors (Lipinski definition) is 2. The highest BCUT2D eigenvalue weighted by molar-refractivity contribution is 9.10. The lowest BCUT2D eigenvalue weighted by molar-refractivity contribution is -0.115. The molecule has 0 bridgehead atoms. The van der Waals surface area contributed by atoms with Crippen LogP contribution in [0.3, 0.4) is 0 Å². The number of rotatable bonds is 7. The molecule has 2 N–H and O–H groups in total. The molecule has 122 valence electrons. The van der Waals surface area contributed by atoms with Crippen molar-refractivity contribution in [2.45, 2.75) is 6.42 Å². The van der Waals surface area contributed by atoms with Gasteiger partial charge in [0.2, 0.25) is 5.91 Å². The molecule has 0 aliphatic rings. The summed E-state index contributed by atoms with van der Waals surface area (Å²) in [6.45, 7) is 0.486. The molecule has 0 aliphatic carbocycles. The molecule has 5 nitrogen and oxygen atoms in total. The topological polar surface area (TPSA) is 59.6 Å². The highest BCUT2D eigenvalue weighted by Crippen LogP contribution is 2.28. The summed E-state index contributed by atoms with van der Waals surface area (Å²) in [6.07, 6.45) is 0.335. The predicted molar refractivity (Wildman–Crippen MR) is 95.4 cm³/mol. The van der Waals surface area contributed by atoms with Crippen LogP contribution in [0, 0.1) is 0 Å². The quantitative estimate of drug-likeness (QED) is 0.766. The summed E-state index contributed by atoms with van der Waals surface area (Å²) >= 11 is 3.40. The van der Waals surface area contributed by atoms with Crippen molar-refractivity contribution >= 4 is 33.2 Å². The second kappa shape index (κ2) is 8.43. The van der Waals surface area contributed by atoms with Crippen LogP contribution in [0.15, 0.2) is 46.9 Å². The maximum Gasteiger partial charge on any atom is 0.226 e. The van der Waals surface area contributed by atoms with Crippen LogP contribution in [0.1, 0.15) is 6.42 Å². The van der Waals surface area contributed by atoms with Crippen molar-refractivity contribution in [2.75, 3.05) is 31.4 Å². The maximum atomic E-state index is 12.0. The summed E-state index contributed by atoms with van der Waals surface area (Å²) in [5, 5.41) is 6.06. The number of hydrogen-bond acceptors (Lipinski definition) is 4. The van der Waals surface area contributed by atoms with E-state index in [1.807, 2.05) is 42.5 Å². The van der Waals surface area contributed by atoms with E-state index in [0.29, 0.717) is 18.7 Å². The fourth-order valence-corrected chi connectivity index (χ4v) is 2.42. The van der Waals surface area contributed by atoms with Gasteiger partial charge in [-0.05, 0) is 40.2 Å². The van der Waals surface area contributed by atoms with Gasteiger partial charge in [0.25, 0.3) is 0 Å². The van der Waals surface area contributed by atoms with Crippen LogP contribution in [0.4, 0.5) is 11.4 Å². The first-order valence-electron chi connectivity index (χ1n) is 7.14. The second-order valence-corrected chi connectivity index (χ2v) is 5.63. The van der Waals surface area contributed by atoms with Crippen molar-refractivity contribution in [3.63, 3.8) is 0 Å². The molecule has 2 aromatic rings. The lowest BCUT2D eigenvalue weighted by atomic mass is 10.2. The number of para-hydroxylation sites is 1. The van der Waals surface area contributed by atoms with Crippen molar-refractivity contribution in [1.82, 2.24) is 0 Å². The summed E-state index contributed by atoms with van der Waals surface area (Å²) in [5.41, 5.74) is 1.55. The van der Waals surface area contributed by atoms with Crippen molar-refractivity contribution in [3.05, 3.63) is 46.9 Å². The van der Waals surface area contributed by atoms with Gasteiger partial charge in [-0.15, -0.1) is 0 Å². The van der Waals surface area contributed by atoms with Crippen LogP contribution in [-0.4, -0.2) is 26.7 Å². The molecule has 0 heterocycles. The highest BCUT2D eigenvalue weighted by Gasteiger charge is 2.07. The van der Waals surface area contributed by atoms with E-state index < -0.39 is 0 Å². The molecule has 2 rings (SSSR count). The molecule has 6 heteroatoms. The summed E-state index contributed by atoms with van der Waals surface area (Å²) < 4.78 is 11.3. The van der Waals surface area contributed by atoms with Crippen LogP contribution >= 0.6 is 15.9 Å². The van der Waals surface area contributed by atoms with Gasteiger partial charge >= 0.3 is 0 Å². The van der Waals surface area contributed by atoms with E-state index >= 15 is 0 Å². The van der Waals surface area contributed by atoms with Crippen molar-refractivity contribution in [3.8, 4) is 11.5 Å². The molecular weight excluding hydrogens is 360 g/mol. The van der Waals surface area contributed by atoms with Crippen LogP contribution in [0.2, 0.25) is 0 Å². The lowest BCUT2D eigenvalue weighted by Crippen LogP contribution is -2.16. The maximum absolute atomic E-state index is 12.0. The third kappa shape index (κ3) is 4.89. The van der Waals surface area contributed by atoms with Crippen LogP contribution < -0.4 is 20.1 Å². The van der Waals surface area contributed by atoms with Gasteiger partial charge in [0, 0.05) is 23.5 Å². The Morgan fingerprint density at radius 3 is 2.57 bits per heavy atom. The molecule has 1 amide bonds. The third-order valence-electron chi connectivity index (χ3n) is 3.22. The minimum absolute atomic E-state index is 0.0636. The van der Waals surface area contributed by atoms with Gasteiger partial charge in [0.1, 0.15) is 11.5 Å². The highest BCUT2D eigenvalue weighted by atomic mass is 79.9. The van der Waals surface area contributed by atoms with Gasteiger partial charge in [-0.1, -0.05) is 12.1 Å². The molecule has 23 heavy (non-hydrogen) atoms. The zero-order valence-corrected chi connectivity index (χ0v) is 14.6. The van der Waals surface area contributed by atoms with Crippen LogP contribution in [0.25, 0.3) is 0 Å². The van der Waals surface area contributed by atoms with E-state index in [-0.39, 0.29) is 5.91 Å². The Hall–Kier alpha value is -2.21. The average molecular weight is 379 g/mol. The standard InChI is InChI=1S/C17H19BrN2O3/c1-22-12-7-8-16(23-2)15(11-12)19-10-9-17(21)20-14-6-4-3-5-13(14)18/h3-8,11,19H,9-10H2,1-2H3,(H,20,21). The number of ether oxygens (including phenoxy) is 2. The molecule has 0 aromatic heterocycles. The first-order valence-corrected chi connectivity index (χ1v) is 7.93. The Balaban J connectivity index is 1.89. The van der Waals surface area contributed by atoms with Gasteiger partial charge in [0.05, 0.1) is 25.6 Å². The van der Waals surface area contributed by atoms with Crippen LogP contribution in [0.5, 0.6) is 11.5 Å². The molecular formula is C17H19BrN2O3. The first kappa shape index (κ1) is 17.1. The molecule has 0 radical (unpaired) electrons. The SMILES string of the molecule is COc1ccc(OC)c(NCCC(=O)Nc2ccccc2Br)c1. The summed E-state index contributed by atoms with van der Waals surface area (Å²) in [7, 11) is 3.21. The number of anilines is 2. The van der Waals surface area contributed by atoms with E-state index in [4.69, 9.17) is 9.47 Å². The zero-order chi connectivity index (χ0) is 16.7. The number of amides is 1. The largest absolute Gasteiger partial charge is 0.497 e. The first-order chi connectivity index (χ1) is 11.1. The Labute approximate surface area is 144 Å². The molecule has 0 fully saturated rings. The molecule has 0 spiro atoms. The normalized spacial score (nSPS) is 10.0. The minimum Gasteiger partial charge on any atom is -0.497 e. The van der Waals surface area contributed by atoms with Crippen molar-refractivity contribution < 1.29 is 14.3 Å². The minimum atomic E-state index is -0.0636. The van der Waals surface area contributed by atoms with Gasteiger partial charge in [0.15, 0.2) is 0 Å². The fourth-order valence-electron chi connectivity index (χ4n) is 2.04. The Morgan fingerprint density at radius 2 is 1.87 bits per heavy atom. The Kier molecular flexibility index (Phi) is 6.29. The Morgan fingerprint density at radius 1 is 1.09 bits per heavy atom. The number of nitrogens with one attached hydrogen (secondary N) is 2. The second-order valence-electron chi connectivity index (χ2n) is 4.77. The predicted octanol–water partition coefficient (Wildman–Crippen LogP) is 3.91. The summed E-state index contributed by atoms with van der Waals surface area (Å²) in [4.78, 5) is 12.0. The number of methoxy groups -OCH3 is 2. The van der Waals surface area contributed by atoms with Crippen molar-refractivity contribution in [1.29, 1.82) is 0 Å². The van der Waals surface area contributed by atoms with Crippen LogP contribution in [-0.2, 0) is 4.79 Å². The smallest absolute Gasteiger partial charge is 0.226 e. The van der Waals surface area contributed by atoms with E-state index in [1.54, 1.807) is 14.2 Å². The average Bonchev–Trinajstić information content (AvgIpc) is 2.57. The van der Waals surface area contributed by atoms with Gasteiger partial charge in [-0.25, -0.2) is 0 Å². The molecule has 0 unspecified atom stereocenters. The molecule has 0 atom stereocenters. The van der Waals surface area contributed by atoms with Gasteiger partial charge < -0.3 is 20.1 Å². The summed E-state index contributed by atoms with van der Waals surface area (Å²) in [5.74, 6) is 1.37. The zero-order valence-electron chi connectivity index (χ0n) is 13.1. The number of carbonyl (C=O) groups excluding carboxylic acids is 1. The molecule has 2 aromatic carbocycles. The number of benzene rings is 2. The number of halogens is 1. The van der Waals surface area contributed by atoms with Gasteiger partial charge in [-0.2, -0.15) is 0 Å². The number of carbonyl (C=O) groups is 1. The monoisotopic (exact) mass is 378 g/mol. The van der Waals surface area contributed by atoms with E-state index in [2.05, 4.69) is 26.6 Å².